The van der Waals surface area contributed by atoms with E-state index in [1.807, 2.05) is 6.26 Å². The van der Waals surface area contributed by atoms with Gasteiger partial charge in [-0.25, -0.2) is 12.8 Å². The van der Waals surface area contributed by atoms with Gasteiger partial charge in [-0.05, 0) is 54.8 Å². The van der Waals surface area contributed by atoms with Crippen LogP contribution in [0.3, 0.4) is 0 Å². The molecule has 2 rings (SSSR count). The van der Waals surface area contributed by atoms with E-state index in [0.717, 1.165) is 0 Å². The van der Waals surface area contributed by atoms with Crippen molar-refractivity contribution < 1.29 is 17.6 Å². The molecule has 5 nitrogen and oxygen atoms in total. The van der Waals surface area contributed by atoms with Gasteiger partial charge in [-0.1, -0.05) is 18.2 Å². The fraction of sp³-hybridized carbons (Fsp3) is 0.235. The molecule has 0 aromatic heterocycles. The molecule has 0 aliphatic rings. The summed E-state index contributed by atoms with van der Waals surface area (Å²) in [4.78, 5) is 12.6. The van der Waals surface area contributed by atoms with Gasteiger partial charge in [0.1, 0.15) is 11.9 Å². The van der Waals surface area contributed by atoms with Crippen LogP contribution >= 0.6 is 11.8 Å². The van der Waals surface area contributed by atoms with Crippen molar-refractivity contribution in [1.29, 1.82) is 0 Å². The molecule has 0 unspecified atom stereocenters. The zero-order valence-electron chi connectivity index (χ0n) is 13.6. The third kappa shape index (κ3) is 5.84. The van der Waals surface area contributed by atoms with E-state index >= 15 is 0 Å². The average molecular weight is 382 g/mol. The summed E-state index contributed by atoms with van der Waals surface area (Å²) < 4.78 is 40.3. The summed E-state index contributed by atoms with van der Waals surface area (Å²) in [5.74, 6) is -0.291. The highest BCUT2D eigenvalue weighted by Gasteiger charge is 2.25. The van der Waals surface area contributed by atoms with Gasteiger partial charge < -0.3 is 5.32 Å². The average Bonchev–Trinajstić information content (AvgIpc) is 2.61. The Morgan fingerprint density at radius 1 is 1.12 bits per heavy atom. The number of hydrogen-bond donors (Lipinski definition) is 2. The zero-order chi connectivity index (χ0) is 18.3. The van der Waals surface area contributed by atoms with Crippen LogP contribution in [0, 0.1) is 5.82 Å². The maximum absolute atomic E-state index is 13.0. The van der Waals surface area contributed by atoms with Crippen molar-refractivity contribution in [3.63, 3.8) is 0 Å². The first-order valence-electron chi connectivity index (χ1n) is 7.55. The standard InChI is InChI=1S/C17H19FN2O3S2/c1-24-12-11-16(17(21)19-14-9-7-13(18)8-10-14)20-25(22,23)15-5-3-2-4-6-15/h2-10,16,20H,11-12H2,1H3,(H,19,21)/t16-/m0/s1. The summed E-state index contributed by atoms with van der Waals surface area (Å²) in [6.45, 7) is 0. The first-order valence-corrected chi connectivity index (χ1v) is 10.4. The molecule has 1 atom stereocenters. The Hall–Kier alpha value is -1.90. The summed E-state index contributed by atoms with van der Waals surface area (Å²) in [7, 11) is -3.81. The van der Waals surface area contributed by atoms with E-state index < -0.39 is 27.8 Å². The van der Waals surface area contributed by atoms with Crippen molar-refractivity contribution in [1.82, 2.24) is 4.72 Å². The van der Waals surface area contributed by atoms with Crippen LogP contribution in [0.4, 0.5) is 10.1 Å². The fourth-order valence-electron chi connectivity index (χ4n) is 2.10. The first kappa shape index (κ1) is 19.4. The Morgan fingerprint density at radius 3 is 2.36 bits per heavy atom. The molecule has 1 amide bonds. The van der Waals surface area contributed by atoms with Gasteiger partial charge in [-0.3, -0.25) is 4.79 Å². The van der Waals surface area contributed by atoms with Gasteiger partial charge in [-0.2, -0.15) is 16.5 Å². The molecule has 2 N–H and O–H groups in total. The normalized spacial score (nSPS) is 12.6. The van der Waals surface area contributed by atoms with Gasteiger partial charge in [-0.15, -0.1) is 0 Å². The number of thioether (sulfide) groups is 1. The van der Waals surface area contributed by atoms with E-state index in [0.29, 0.717) is 17.9 Å². The lowest BCUT2D eigenvalue weighted by atomic mass is 10.2. The molecule has 134 valence electrons. The number of halogens is 1. The van der Waals surface area contributed by atoms with Crippen molar-refractivity contribution in [3.8, 4) is 0 Å². The van der Waals surface area contributed by atoms with E-state index in [2.05, 4.69) is 10.0 Å². The van der Waals surface area contributed by atoms with Crippen molar-refractivity contribution in [2.45, 2.75) is 17.4 Å². The third-order valence-corrected chi connectivity index (χ3v) is 5.52. The monoisotopic (exact) mass is 382 g/mol. The van der Waals surface area contributed by atoms with Crippen LogP contribution in [0.5, 0.6) is 0 Å². The predicted octanol–water partition coefficient (Wildman–Crippen LogP) is 2.86. The molecule has 0 heterocycles. The van der Waals surface area contributed by atoms with Gasteiger partial charge in [0.25, 0.3) is 0 Å². The molecule has 2 aromatic carbocycles. The lowest BCUT2D eigenvalue weighted by Gasteiger charge is -2.18. The summed E-state index contributed by atoms with van der Waals surface area (Å²) in [6.07, 6.45) is 2.21. The molecule has 0 aliphatic carbocycles. The molecule has 0 saturated carbocycles. The Balaban J connectivity index is 2.14. The lowest BCUT2D eigenvalue weighted by Crippen LogP contribution is -2.44. The Labute approximate surface area is 151 Å². The summed E-state index contributed by atoms with van der Waals surface area (Å²) in [6, 6.07) is 12.2. The highest BCUT2D eigenvalue weighted by Crippen LogP contribution is 2.13. The van der Waals surface area contributed by atoms with Gasteiger partial charge in [0.15, 0.2) is 0 Å². The summed E-state index contributed by atoms with van der Waals surface area (Å²) in [5.41, 5.74) is 0.402. The second kappa shape index (κ2) is 8.98. The minimum Gasteiger partial charge on any atom is -0.325 e. The Bertz CT molecular complexity index is 796. The Kier molecular flexibility index (Phi) is 6.98. The number of sulfonamides is 1. The molecule has 0 radical (unpaired) electrons. The third-order valence-electron chi connectivity index (χ3n) is 3.39. The molecule has 0 saturated heterocycles. The number of nitrogens with one attached hydrogen (secondary N) is 2. The van der Waals surface area contributed by atoms with Crippen LogP contribution in [-0.4, -0.2) is 32.4 Å². The summed E-state index contributed by atoms with van der Waals surface area (Å²) in [5, 5.41) is 2.61. The number of hydrogen-bond acceptors (Lipinski definition) is 4. The van der Waals surface area contributed by atoms with Crippen LogP contribution in [0.1, 0.15) is 6.42 Å². The van der Waals surface area contributed by atoms with Gasteiger partial charge in [0.2, 0.25) is 15.9 Å². The molecular weight excluding hydrogens is 363 g/mol. The van der Waals surface area contributed by atoms with Crippen molar-refractivity contribution in [3.05, 3.63) is 60.4 Å². The maximum Gasteiger partial charge on any atom is 0.242 e. The van der Waals surface area contributed by atoms with E-state index in [4.69, 9.17) is 0 Å². The minimum absolute atomic E-state index is 0.0960. The topological polar surface area (TPSA) is 75.3 Å². The van der Waals surface area contributed by atoms with Crippen LogP contribution in [0.2, 0.25) is 0 Å². The largest absolute Gasteiger partial charge is 0.325 e. The number of rotatable bonds is 8. The molecule has 0 spiro atoms. The predicted molar refractivity (Wildman–Crippen MR) is 98.6 cm³/mol. The van der Waals surface area contributed by atoms with Crippen molar-refractivity contribution in [2.75, 3.05) is 17.3 Å². The number of carbonyl (C=O) groups excluding carboxylic acids is 1. The fourth-order valence-corrected chi connectivity index (χ4v) is 3.82. The van der Waals surface area contributed by atoms with Crippen LogP contribution in [0.15, 0.2) is 59.5 Å². The SMILES string of the molecule is CSCC[C@H](NS(=O)(=O)c1ccccc1)C(=O)Nc1ccc(F)cc1. The number of anilines is 1. The number of benzene rings is 2. The Morgan fingerprint density at radius 2 is 1.76 bits per heavy atom. The second-order valence-corrected chi connectivity index (χ2v) is 7.96. The van der Waals surface area contributed by atoms with Crippen LogP contribution < -0.4 is 10.0 Å². The van der Waals surface area contributed by atoms with Gasteiger partial charge in [0, 0.05) is 5.69 Å². The van der Waals surface area contributed by atoms with Crippen molar-refractivity contribution >= 4 is 33.4 Å². The smallest absolute Gasteiger partial charge is 0.242 e. The maximum atomic E-state index is 13.0. The highest BCUT2D eigenvalue weighted by atomic mass is 32.2. The molecular formula is C17H19FN2O3S2. The molecule has 8 heteroatoms. The van der Waals surface area contributed by atoms with E-state index in [1.54, 1.807) is 18.2 Å². The molecule has 25 heavy (non-hydrogen) atoms. The summed E-state index contributed by atoms with van der Waals surface area (Å²) >= 11 is 1.51. The number of carbonyl (C=O) groups is 1. The lowest BCUT2D eigenvalue weighted by molar-refractivity contribution is -0.117. The molecule has 0 bridgehead atoms. The molecule has 0 fully saturated rings. The van der Waals surface area contributed by atoms with E-state index in [9.17, 15) is 17.6 Å². The second-order valence-electron chi connectivity index (χ2n) is 5.26. The van der Waals surface area contributed by atoms with E-state index in [-0.39, 0.29) is 4.90 Å². The molecule has 0 aliphatic heterocycles. The quantitative estimate of drug-likeness (QED) is 0.736. The van der Waals surface area contributed by atoms with Crippen molar-refractivity contribution in [2.24, 2.45) is 0 Å². The van der Waals surface area contributed by atoms with E-state index in [1.165, 1.54) is 48.2 Å². The molecule has 2 aromatic rings. The first-order chi connectivity index (χ1) is 11.9. The van der Waals surface area contributed by atoms with Gasteiger partial charge in [0.05, 0.1) is 4.90 Å². The van der Waals surface area contributed by atoms with Crippen LogP contribution in [-0.2, 0) is 14.8 Å². The van der Waals surface area contributed by atoms with Gasteiger partial charge >= 0.3 is 0 Å². The van der Waals surface area contributed by atoms with Crippen LogP contribution in [0.25, 0.3) is 0 Å². The highest BCUT2D eigenvalue weighted by molar-refractivity contribution is 7.98. The minimum atomic E-state index is -3.81. The number of amides is 1. The zero-order valence-corrected chi connectivity index (χ0v) is 15.2.